The molecule has 2 rings (SSSR count). The predicted molar refractivity (Wildman–Crippen MR) is 95.3 cm³/mol. The molecule has 2 atom stereocenters. The van der Waals surface area contributed by atoms with E-state index in [1.54, 1.807) is 0 Å². The molecule has 2 heteroatoms. The summed E-state index contributed by atoms with van der Waals surface area (Å²) >= 11 is 2.55. The van der Waals surface area contributed by atoms with Crippen molar-refractivity contribution in [1.82, 2.24) is 0 Å². The van der Waals surface area contributed by atoms with Crippen molar-refractivity contribution < 1.29 is 0 Å². The molecule has 0 aliphatic heterocycles. The SMILES string of the molecule is NC(CCC(I)Cc1ccccc1)Cc1ccccc1. The Balaban J connectivity index is 1.71. The van der Waals surface area contributed by atoms with E-state index in [9.17, 15) is 0 Å². The van der Waals surface area contributed by atoms with Crippen LogP contribution in [0.5, 0.6) is 0 Å². The summed E-state index contributed by atoms with van der Waals surface area (Å²) in [5, 5.41) is 0. The van der Waals surface area contributed by atoms with Crippen LogP contribution < -0.4 is 5.73 Å². The second-order valence-electron chi connectivity index (χ2n) is 5.31. The summed E-state index contributed by atoms with van der Waals surface area (Å²) in [6.45, 7) is 0. The number of hydrogen-bond acceptors (Lipinski definition) is 1. The van der Waals surface area contributed by atoms with E-state index in [0.29, 0.717) is 3.92 Å². The number of benzene rings is 2. The van der Waals surface area contributed by atoms with E-state index < -0.39 is 0 Å². The summed E-state index contributed by atoms with van der Waals surface area (Å²) in [7, 11) is 0. The molecule has 0 aromatic heterocycles. The van der Waals surface area contributed by atoms with Gasteiger partial charge in [0.1, 0.15) is 0 Å². The van der Waals surface area contributed by atoms with Gasteiger partial charge in [0.15, 0.2) is 0 Å². The average molecular weight is 379 g/mol. The zero-order valence-corrected chi connectivity index (χ0v) is 13.9. The number of rotatable bonds is 7. The van der Waals surface area contributed by atoms with Gasteiger partial charge >= 0.3 is 0 Å². The Labute approximate surface area is 135 Å². The molecule has 2 N–H and O–H groups in total. The predicted octanol–water partition coefficient (Wildman–Crippen LogP) is 4.38. The van der Waals surface area contributed by atoms with Gasteiger partial charge in [0.2, 0.25) is 0 Å². The Morgan fingerprint density at radius 1 is 0.750 bits per heavy atom. The third-order valence-corrected chi connectivity index (χ3v) is 4.55. The van der Waals surface area contributed by atoms with Gasteiger partial charge in [-0.1, -0.05) is 83.3 Å². The summed E-state index contributed by atoms with van der Waals surface area (Å²) in [5.74, 6) is 0. The van der Waals surface area contributed by atoms with Crippen molar-refractivity contribution >= 4 is 22.6 Å². The standard InChI is InChI=1S/C18H22IN/c19-17(13-15-7-3-1-4-8-15)11-12-18(20)14-16-9-5-2-6-10-16/h1-10,17-18H,11-14,20H2. The maximum absolute atomic E-state index is 6.24. The third kappa shape index (κ3) is 5.63. The highest BCUT2D eigenvalue weighted by molar-refractivity contribution is 14.1. The van der Waals surface area contributed by atoms with E-state index in [-0.39, 0.29) is 6.04 Å². The van der Waals surface area contributed by atoms with Crippen LogP contribution in [0.1, 0.15) is 24.0 Å². The average Bonchev–Trinajstić information content (AvgIpc) is 2.47. The second-order valence-corrected chi connectivity index (χ2v) is 7.08. The molecule has 0 saturated heterocycles. The molecule has 0 amide bonds. The van der Waals surface area contributed by atoms with Crippen molar-refractivity contribution in [3.05, 3.63) is 71.8 Å². The van der Waals surface area contributed by atoms with E-state index in [4.69, 9.17) is 5.73 Å². The van der Waals surface area contributed by atoms with Crippen LogP contribution in [-0.4, -0.2) is 9.97 Å². The van der Waals surface area contributed by atoms with Crippen molar-refractivity contribution in [1.29, 1.82) is 0 Å². The van der Waals surface area contributed by atoms with Crippen LogP contribution in [0.4, 0.5) is 0 Å². The van der Waals surface area contributed by atoms with Gasteiger partial charge < -0.3 is 5.73 Å². The van der Waals surface area contributed by atoms with Gasteiger partial charge in [-0.05, 0) is 36.8 Å². The molecule has 0 radical (unpaired) electrons. The lowest BCUT2D eigenvalue weighted by Gasteiger charge is -2.15. The van der Waals surface area contributed by atoms with Crippen LogP contribution >= 0.6 is 22.6 Å². The molecular weight excluding hydrogens is 357 g/mol. The zero-order chi connectivity index (χ0) is 14.2. The minimum Gasteiger partial charge on any atom is -0.327 e. The van der Waals surface area contributed by atoms with Gasteiger partial charge in [-0.25, -0.2) is 0 Å². The fourth-order valence-corrected chi connectivity index (χ4v) is 3.25. The van der Waals surface area contributed by atoms with Crippen molar-refractivity contribution in [2.75, 3.05) is 0 Å². The molecule has 2 aromatic rings. The number of alkyl halides is 1. The molecule has 0 fully saturated rings. The number of hydrogen-bond donors (Lipinski definition) is 1. The Hall–Kier alpha value is -0.870. The van der Waals surface area contributed by atoms with E-state index >= 15 is 0 Å². The highest BCUT2D eigenvalue weighted by Gasteiger charge is 2.09. The molecule has 0 saturated carbocycles. The minimum atomic E-state index is 0.269. The van der Waals surface area contributed by atoms with Gasteiger partial charge in [-0.15, -0.1) is 0 Å². The van der Waals surface area contributed by atoms with Crippen LogP contribution in [0.2, 0.25) is 0 Å². The second kappa shape index (κ2) is 8.42. The molecule has 0 aliphatic rings. The van der Waals surface area contributed by atoms with Gasteiger partial charge in [-0.2, -0.15) is 0 Å². The van der Waals surface area contributed by atoms with Gasteiger partial charge in [-0.3, -0.25) is 0 Å². The normalized spacial score (nSPS) is 13.9. The monoisotopic (exact) mass is 379 g/mol. The number of nitrogens with two attached hydrogens (primary N) is 1. The Morgan fingerprint density at radius 2 is 1.25 bits per heavy atom. The topological polar surface area (TPSA) is 26.0 Å². The Kier molecular flexibility index (Phi) is 6.54. The maximum atomic E-state index is 6.24. The molecule has 0 aliphatic carbocycles. The molecule has 0 spiro atoms. The first kappa shape index (κ1) is 15.5. The van der Waals surface area contributed by atoms with Gasteiger partial charge in [0.25, 0.3) is 0 Å². The fourth-order valence-electron chi connectivity index (χ4n) is 2.39. The molecule has 0 bridgehead atoms. The first-order valence-electron chi connectivity index (χ1n) is 7.21. The Morgan fingerprint density at radius 3 is 1.80 bits per heavy atom. The van der Waals surface area contributed by atoms with Crippen molar-refractivity contribution in [2.24, 2.45) is 5.73 Å². The molecule has 2 unspecified atom stereocenters. The number of halogens is 1. The summed E-state index contributed by atoms with van der Waals surface area (Å²) in [5.41, 5.74) is 9.00. The third-order valence-electron chi connectivity index (χ3n) is 3.49. The van der Waals surface area contributed by atoms with Crippen molar-refractivity contribution in [3.63, 3.8) is 0 Å². The van der Waals surface area contributed by atoms with Crippen molar-refractivity contribution in [2.45, 2.75) is 35.6 Å². The summed E-state index contributed by atoms with van der Waals surface area (Å²) in [6, 6.07) is 21.5. The maximum Gasteiger partial charge on any atom is 0.0151 e. The lowest BCUT2D eigenvalue weighted by atomic mass is 10.00. The quantitative estimate of drug-likeness (QED) is 0.561. The van der Waals surface area contributed by atoms with E-state index in [1.165, 1.54) is 17.5 Å². The first-order valence-corrected chi connectivity index (χ1v) is 8.46. The first-order chi connectivity index (χ1) is 9.74. The van der Waals surface area contributed by atoms with E-state index in [2.05, 4.69) is 83.3 Å². The lowest BCUT2D eigenvalue weighted by molar-refractivity contribution is 0.574. The van der Waals surface area contributed by atoms with Gasteiger partial charge in [0, 0.05) is 9.97 Å². The summed E-state index contributed by atoms with van der Waals surface area (Å²) < 4.78 is 0.664. The fraction of sp³-hybridized carbons (Fsp3) is 0.333. The Bertz CT molecular complexity index is 436. The zero-order valence-electron chi connectivity index (χ0n) is 11.7. The molecule has 0 heterocycles. The largest absolute Gasteiger partial charge is 0.327 e. The van der Waals surface area contributed by atoms with Crippen LogP contribution in [0.3, 0.4) is 0 Å². The summed E-state index contributed by atoms with van der Waals surface area (Å²) in [4.78, 5) is 0. The van der Waals surface area contributed by atoms with Crippen molar-refractivity contribution in [3.8, 4) is 0 Å². The van der Waals surface area contributed by atoms with Crippen LogP contribution in [0.25, 0.3) is 0 Å². The van der Waals surface area contributed by atoms with Crippen LogP contribution in [0, 0.1) is 0 Å². The molecule has 20 heavy (non-hydrogen) atoms. The smallest absolute Gasteiger partial charge is 0.0151 e. The lowest BCUT2D eigenvalue weighted by Crippen LogP contribution is -2.24. The molecular formula is C18H22IN. The summed E-state index contributed by atoms with van der Waals surface area (Å²) in [6.07, 6.45) is 4.40. The van der Waals surface area contributed by atoms with E-state index in [1.807, 2.05) is 0 Å². The molecule has 1 nitrogen and oxygen atoms in total. The minimum absolute atomic E-state index is 0.269. The molecule has 106 valence electrons. The van der Waals surface area contributed by atoms with Crippen LogP contribution in [-0.2, 0) is 12.8 Å². The van der Waals surface area contributed by atoms with Crippen LogP contribution in [0.15, 0.2) is 60.7 Å². The van der Waals surface area contributed by atoms with Gasteiger partial charge in [0.05, 0.1) is 0 Å². The highest BCUT2D eigenvalue weighted by Crippen LogP contribution is 2.17. The van der Waals surface area contributed by atoms with E-state index in [0.717, 1.165) is 19.3 Å². The highest BCUT2D eigenvalue weighted by atomic mass is 127. The molecule has 2 aromatic carbocycles.